The van der Waals surface area contributed by atoms with Gasteiger partial charge in [0.1, 0.15) is 0 Å². The van der Waals surface area contributed by atoms with Gasteiger partial charge in [0.15, 0.2) is 0 Å². The van der Waals surface area contributed by atoms with Crippen LogP contribution in [0.4, 0.5) is 0 Å². The highest BCUT2D eigenvalue weighted by Crippen LogP contribution is 2.21. The van der Waals surface area contributed by atoms with Gasteiger partial charge < -0.3 is 14.8 Å². The minimum atomic E-state index is 0.390. The van der Waals surface area contributed by atoms with E-state index in [2.05, 4.69) is 37.9 Å². The smallest absolute Gasteiger partial charge is 0.0707 e. The monoisotopic (exact) mass is 300 g/mol. The molecule has 0 amide bonds. The summed E-state index contributed by atoms with van der Waals surface area (Å²) < 4.78 is 11.4. The maximum atomic E-state index is 6.20. The van der Waals surface area contributed by atoms with Crippen LogP contribution in [0.3, 0.4) is 0 Å². The molecule has 1 heterocycles. The first-order valence-electron chi connectivity index (χ1n) is 8.65. The molecule has 0 aromatic heterocycles. The summed E-state index contributed by atoms with van der Waals surface area (Å²) in [4.78, 5) is 2.51. The summed E-state index contributed by atoms with van der Waals surface area (Å²) >= 11 is 0. The maximum Gasteiger partial charge on any atom is 0.0707 e. The zero-order valence-electron chi connectivity index (χ0n) is 14.7. The Kier molecular flexibility index (Phi) is 9.49. The molecule has 1 aliphatic rings. The van der Waals surface area contributed by atoms with Crippen molar-refractivity contribution >= 4 is 0 Å². The third kappa shape index (κ3) is 7.59. The summed E-state index contributed by atoms with van der Waals surface area (Å²) in [7, 11) is 1.78. The molecule has 4 heteroatoms. The molecule has 0 aromatic carbocycles. The molecule has 3 unspecified atom stereocenters. The van der Waals surface area contributed by atoms with E-state index in [4.69, 9.17) is 9.47 Å². The van der Waals surface area contributed by atoms with Gasteiger partial charge in [-0.15, -0.1) is 0 Å². The number of nitrogens with zero attached hydrogens (tertiary/aromatic N) is 1. The molecule has 4 nitrogen and oxygen atoms in total. The highest BCUT2D eigenvalue weighted by Gasteiger charge is 2.27. The lowest BCUT2D eigenvalue weighted by atomic mass is 10.1. The molecule has 1 rings (SSSR count). The Morgan fingerprint density at radius 3 is 2.57 bits per heavy atom. The Balaban J connectivity index is 2.29. The number of rotatable bonds is 11. The summed E-state index contributed by atoms with van der Waals surface area (Å²) in [5.41, 5.74) is 0. The van der Waals surface area contributed by atoms with Crippen LogP contribution in [0.15, 0.2) is 0 Å². The number of ether oxygens (including phenoxy) is 2. The largest absolute Gasteiger partial charge is 0.383 e. The quantitative estimate of drug-likeness (QED) is 0.636. The Morgan fingerprint density at radius 1 is 1.24 bits per heavy atom. The lowest BCUT2D eigenvalue weighted by molar-refractivity contribution is 0.00946. The van der Waals surface area contributed by atoms with Gasteiger partial charge in [0.25, 0.3) is 0 Å². The Bertz CT molecular complexity index is 261. The number of hydrogen-bond donors (Lipinski definition) is 1. The summed E-state index contributed by atoms with van der Waals surface area (Å²) in [6, 6.07) is 0.599. The van der Waals surface area contributed by atoms with E-state index in [1.807, 2.05) is 0 Å². The second kappa shape index (κ2) is 10.5. The fourth-order valence-electron chi connectivity index (χ4n) is 2.82. The number of hydrogen-bond acceptors (Lipinski definition) is 4. The van der Waals surface area contributed by atoms with E-state index in [9.17, 15) is 0 Å². The lowest BCUT2D eigenvalue weighted by Gasteiger charge is -2.30. The van der Waals surface area contributed by atoms with Crippen LogP contribution in [0.2, 0.25) is 0 Å². The van der Waals surface area contributed by atoms with Crippen LogP contribution in [-0.4, -0.2) is 63.0 Å². The molecule has 0 radical (unpaired) electrons. The lowest BCUT2D eigenvalue weighted by Crippen LogP contribution is -2.41. The first-order valence-corrected chi connectivity index (χ1v) is 8.65. The zero-order chi connectivity index (χ0) is 15.7. The van der Waals surface area contributed by atoms with E-state index in [0.717, 1.165) is 32.8 Å². The van der Waals surface area contributed by atoms with E-state index in [1.54, 1.807) is 7.11 Å². The van der Waals surface area contributed by atoms with Crippen LogP contribution in [0.25, 0.3) is 0 Å². The molecule has 3 atom stereocenters. The highest BCUT2D eigenvalue weighted by molar-refractivity contribution is 4.79. The Labute approximate surface area is 131 Å². The van der Waals surface area contributed by atoms with Crippen molar-refractivity contribution in [3.63, 3.8) is 0 Å². The maximum absolute atomic E-state index is 6.20. The summed E-state index contributed by atoms with van der Waals surface area (Å²) in [6.45, 7) is 14.0. The van der Waals surface area contributed by atoms with Gasteiger partial charge in [-0.05, 0) is 38.6 Å². The molecule has 0 saturated carbocycles. The third-order valence-electron chi connectivity index (χ3n) is 4.36. The van der Waals surface area contributed by atoms with Crippen molar-refractivity contribution in [2.45, 2.75) is 65.2 Å². The highest BCUT2D eigenvalue weighted by atomic mass is 16.5. The Morgan fingerprint density at radius 2 is 1.95 bits per heavy atom. The molecule has 126 valence electrons. The fraction of sp³-hybridized carbons (Fsp3) is 1.00. The average Bonchev–Trinajstić information content (AvgIpc) is 2.89. The van der Waals surface area contributed by atoms with Crippen LogP contribution in [0.5, 0.6) is 0 Å². The average molecular weight is 300 g/mol. The minimum absolute atomic E-state index is 0.390. The van der Waals surface area contributed by atoms with Gasteiger partial charge in [-0.2, -0.15) is 0 Å². The second-order valence-corrected chi connectivity index (χ2v) is 6.75. The SMILES string of the molecule is CCC(C)N(CCOC)CC1CCC(CNCC(C)C)O1. The van der Waals surface area contributed by atoms with Crippen LogP contribution in [0.1, 0.15) is 47.0 Å². The van der Waals surface area contributed by atoms with Gasteiger partial charge >= 0.3 is 0 Å². The molecule has 0 aliphatic carbocycles. The van der Waals surface area contributed by atoms with Crippen LogP contribution in [-0.2, 0) is 9.47 Å². The standard InChI is InChI=1S/C17H36N2O2/c1-6-15(4)19(9-10-20-5)13-17-8-7-16(21-17)12-18-11-14(2)3/h14-18H,6-13H2,1-5H3. The van der Waals surface area contributed by atoms with Crippen molar-refractivity contribution < 1.29 is 9.47 Å². The van der Waals surface area contributed by atoms with Gasteiger partial charge in [-0.25, -0.2) is 0 Å². The van der Waals surface area contributed by atoms with Crippen molar-refractivity contribution in [2.75, 3.05) is 39.9 Å². The molecule has 1 fully saturated rings. The number of nitrogens with one attached hydrogen (secondary N) is 1. The van der Waals surface area contributed by atoms with Crippen molar-refractivity contribution in [3.8, 4) is 0 Å². The van der Waals surface area contributed by atoms with E-state index in [-0.39, 0.29) is 0 Å². The van der Waals surface area contributed by atoms with Gasteiger partial charge in [0.05, 0.1) is 18.8 Å². The van der Waals surface area contributed by atoms with Crippen LogP contribution >= 0.6 is 0 Å². The first-order chi connectivity index (χ1) is 10.1. The normalized spacial score (nSPS) is 24.1. The van der Waals surface area contributed by atoms with Gasteiger partial charge in [-0.1, -0.05) is 20.8 Å². The van der Waals surface area contributed by atoms with Crippen LogP contribution in [0, 0.1) is 5.92 Å². The predicted octanol–water partition coefficient (Wildman–Crippen LogP) is 2.53. The summed E-state index contributed by atoms with van der Waals surface area (Å²) in [6.07, 6.45) is 4.34. The molecule has 1 aliphatic heterocycles. The predicted molar refractivity (Wildman–Crippen MR) is 88.8 cm³/mol. The van der Waals surface area contributed by atoms with Crippen LogP contribution < -0.4 is 5.32 Å². The van der Waals surface area contributed by atoms with E-state index in [0.29, 0.717) is 24.2 Å². The van der Waals surface area contributed by atoms with Crippen molar-refractivity contribution in [1.29, 1.82) is 0 Å². The first kappa shape index (κ1) is 18.9. The molecule has 21 heavy (non-hydrogen) atoms. The van der Waals surface area contributed by atoms with E-state index in [1.165, 1.54) is 19.3 Å². The molecule has 1 saturated heterocycles. The van der Waals surface area contributed by atoms with Crippen molar-refractivity contribution in [1.82, 2.24) is 10.2 Å². The molecule has 0 bridgehead atoms. The third-order valence-corrected chi connectivity index (χ3v) is 4.36. The fourth-order valence-corrected chi connectivity index (χ4v) is 2.82. The molecule has 0 aromatic rings. The van der Waals surface area contributed by atoms with Crippen molar-refractivity contribution in [3.05, 3.63) is 0 Å². The van der Waals surface area contributed by atoms with E-state index < -0.39 is 0 Å². The minimum Gasteiger partial charge on any atom is -0.383 e. The van der Waals surface area contributed by atoms with Gasteiger partial charge in [0, 0.05) is 32.8 Å². The molecule has 0 spiro atoms. The van der Waals surface area contributed by atoms with E-state index >= 15 is 0 Å². The molecular weight excluding hydrogens is 264 g/mol. The number of methoxy groups -OCH3 is 1. The Hall–Kier alpha value is -0.160. The van der Waals surface area contributed by atoms with Crippen molar-refractivity contribution in [2.24, 2.45) is 5.92 Å². The van der Waals surface area contributed by atoms with Gasteiger partial charge in [0.2, 0.25) is 0 Å². The topological polar surface area (TPSA) is 33.7 Å². The summed E-state index contributed by atoms with van der Waals surface area (Å²) in [5, 5.41) is 3.51. The van der Waals surface area contributed by atoms with Gasteiger partial charge in [-0.3, -0.25) is 4.90 Å². The second-order valence-electron chi connectivity index (χ2n) is 6.75. The summed E-state index contributed by atoms with van der Waals surface area (Å²) in [5.74, 6) is 0.706. The molecule has 1 N–H and O–H groups in total. The zero-order valence-corrected chi connectivity index (χ0v) is 14.7. The molecular formula is C17H36N2O2.